The van der Waals surface area contributed by atoms with Gasteiger partial charge in [0.1, 0.15) is 5.82 Å². The molecule has 3 heterocycles. The highest BCUT2D eigenvalue weighted by atomic mass is 19.1. The van der Waals surface area contributed by atoms with E-state index in [1.807, 2.05) is 40.1 Å². The van der Waals surface area contributed by atoms with Gasteiger partial charge in [0, 0.05) is 44.2 Å². The second-order valence-corrected chi connectivity index (χ2v) is 9.02. The first-order chi connectivity index (χ1) is 16.6. The predicted molar refractivity (Wildman–Crippen MR) is 125 cm³/mol. The standard InChI is InChI=1S/C27H27FN4O2/c28-22-8-2-5-19(14-22)15-23-16-29-17-24(30-23)25-9-3-12-32(25)27(34)21-7-1-6-20(13-21)18-31-11-4-10-26(31)33/h1-2,5-8,13-14,16-17,25H,3-4,9-12,15,18H2/t25-/m0/s1. The first-order valence-corrected chi connectivity index (χ1v) is 11.8. The first kappa shape index (κ1) is 22.2. The van der Waals surface area contributed by atoms with E-state index in [2.05, 4.69) is 4.98 Å². The van der Waals surface area contributed by atoms with Crippen LogP contribution in [0.3, 0.4) is 0 Å². The van der Waals surface area contributed by atoms with Crippen molar-refractivity contribution in [1.29, 1.82) is 0 Å². The molecule has 1 aromatic heterocycles. The molecule has 5 rings (SSSR count). The minimum atomic E-state index is -0.273. The number of likely N-dealkylation sites (tertiary alicyclic amines) is 2. The molecule has 2 amide bonds. The second-order valence-electron chi connectivity index (χ2n) is 9.02. The van der Waals surface area contributed by atoms with Crippen LogP contribution in [0.4, 0.5) is 4.39 Å². The maximum atomic E-state index is 13.6. The van der Waals surface area contributed by atoms with Crippen molar-refractivity contribution in [2.75, 3.05) is 13.1 Å². The van der Waals surface area contributed by atoms with E-state index in [0.717, 1.165) is 48.3 Å². The number of carbonyl (C=O) groups excluding carboxylic acids is 2. The van der Waals surface area contributed by atoms with Crippen LogP contribution in [0, 0.1) is 5.82 Å². The Balaban J connectivity index is 1.32. The van der Waals surface area contributed by atoms with E-state index < -0.39 is 0 Å². The van der Waals surface area contributed by atoms with Crippen LogP contribution in [-0.2, 0) is 17.8 Å². The largest absolute Gasteiger partial charge is 0.338 e. The summed E-state index contributed by atoms with van der Waals surface area (Å²) in [6.45, 7) is 1.97. The lowest BCUT2D eigenvalue weighted by atomic mass is 10.1. The molecule has 0 aliphatic carbocycles. The minimum absolute atomic E-state index is 0.0329. The van der Waals surface area contributed by atoms with Crippen molar-refractivity contribution >= 4 is 11.8 Å². The Labute approximate surface area is 198 Å². The summed E-state index contributed by atoms with van der Waals surface area (Å²) in [4.78, 5) is 38.3. The quantitative estimate of drug-likeness (QED) is 0.552. The third kappa shape index (κ3) is 4.83. The van der Waals surface area contributed by atoms with Crippen molar-refractivity contribution in [3.05, 3.63) is 94.8 Å². The van der Waals surface area contributed by atoms with E-state index in [4.69, 9.17) is 4.98 Å². The Morgan fingerprint density at radius 1 is 1.03 bits per heavy atom. The number of amides is 2. The smallest absolute Gasteiger partial charge is 0.254 e. The lowest BCUT2D eigenvalue weighted by Crippen LogP contribution is -2.31. The van der Waals surface area contributed by atoms with E-state index >= 15 is 0 Å². The summed E-state index contributed by atoms with van der Waals surface area (Å²) in [5.41, 5.74) is 3.94. The van der Waals surface area contributed by atoms with Gasteiger partial charge in [-0.05, 0) is 54.7 Å². The average Bonchev–Trinajstić information content (AvgIpc) is 3.48. The van der Waals surface area contributed by atoms with E-state index in [-0.39, 0.29) is 23.7 Å². The van der Waals surface area contributed by atoms with Crippen LogP contribution in [0.5, 0.6) is 0 Å². The fraction of sp³-hybridized carbons (Fsp3) is 0.333. The molecule has 2 aliphatic rings. The van der Waals surface area contributed by atoms with Gasteiger partial charge in [0.15, 0.2) is 0 Å². The van der Waals surface area contributed by atoms with Crippen LogP contribution in [0.15, 0.2) is 60.9 Å². The van der Waals surface area contributed by atoms with Crippen molar-refractivity contribution < 1.29 is 14.0 Å². The van der Waals surface area contributed by atoms with E-state index in [1.54, 1.807) is 18.5 Å². The molecule has 0 saturated carbocycles. The molecule has 174 valence electrons. The average molecular weight is 459 g/mol. The van der Waals surface area contributed by atoms with Crippen molar-refractivity contribution in [1.82, 2.24) is 19.8 Å². The lowest BCUT2D eigenvalue weighted by Gasteiger charge is -2.25. The lowest BCUT2D eigenvalue weighted by molar-refractivity contribution is -0.128. The Morgan fingerprint density at radius 3 is 2.71 bits per heavy atom. The molecule has 3 aromatic rings. The predicted octanol–water partition coefficient (Wildman–Crippen LogP) is 4.31. The van der Waals surface area contributed by atoms with Crippen LogP contribution in [0.1, 0.15) is 64.6 Å². The number of nitrogens with zero attached hydrogens (tertiary/aromatic N) is 4. The highest BCUT2D eigenvalue weighted by Gasteiger charge is 2.32. The molecule has 0 bridgehead atoms. The molecule has 0 radical (unpaired) electrons. The van der Waals surface area contributed by atoms with Gasteiger partial charge in [0.25, 0.3) is 5.91 Å². The summed E-state index contributed by atoms with van der Waals surface area (Å²) in [6.07, 6.45) is 7.12. The third-order valence-electron chi connectivity index (χ3n) is 6.55. The Morgan fingerprint density at radius 2 is 1.88 bits per heavy atom. The van der Waals surface area contributed by atoms with Crippen LogP contribution in [0.2, 0.25) is 0 Å². The maximum Gasteiger partial charge on any atom is 0.254 e. The Bertz CT molecular complexity index is 1210. The summed E-state index contributed by atoms with van der Waals surface area (Å²) in [5, 5.41) is 0. The fourth-order valence-corrected chi connectivity index (χ4v) is 4.90. The maximum absolute atomic E-state index is 13.6. The highest BCUT2D eigenvalue weighted by Crippen LogP contribution is 2.32. The van der Waals surface area contributed by atoms with Crippen LogP contribution in [-0.4, -0.2) is 44.7 Å². The normalized spacial score (nSPS) is 18.0. The number of hydrogen-bond donors (Lipinski definition) is 0. The fourth-order valence-electron chi connectivity index (χ4n) is 4.90. The van der Waals surface area contributed by atoms with Gasteiger partial charge in [0.05, 0.1) is 23.6 Å². The Hall–Kier alpha value is -3.61. The van der Waals surface area contributed by atoms with E-state index in [1.165, 1.54) is 12.1 Å². The highest BCUT2D eigenvalue weighted by molar-refractivity contribution is 5.94. The summed E-state index contributed by atoms with van der Waals surface area (Å²) in [5.74, 6) is -0.132. The van der Waals surface area contributed by atoms with Gasteiger partial charge >= 0.3 is 0 Å². The summed E-state index contributed by atoms with van der Waals surface area (Å²) >= 11 is 0. The van der Waals surface area contributed by atoms with Crippen LogP contribution >= 0.6 is 0 Å². The minimum Gasteiger partial charge on any atom is -0.338 e. The van der Waals surface area contributed by atoms with Crippen molar-refractivity contribution in [2.45, 2.75) is 44.7 Å². The second kappa shape index (κ2) is 9.71. The zero-order valence-electron chi connectivity index (χ0n) is 19.0. The Kier molecular flexibility index (Phi) is 6.34. The molecule has 2 aliphatic heterocycles. The summed E-state index contributed by atoms with van der Waals surface area (Å²) in [7, 11) is 0. The van der Waals surface area contributed by atoms with Gasteiger partial charge in [-0.15, -0.1) is 0 Å². The van der Waals surface area contributed by atoms with Crippen LogP contribution < -0.4 is 0 Å². The first-order valence-electron chi connectivity index (χ1n) is 11.8. The summed E-state index contributed by atoms with van der Waals surface area (Å²) < 4.78 is 13.6. The molecule has 2 aromatic carbocycles. The molecule has 0 spiro atoms. The van der Waals surface area contributed by atoms with Crippen LogP contribution in [0.25, 0.3) is 0 Å². The van der Waals surface area contributed by atoms with E-state index in [0.29, 0.717) is 31.5 Å². The summed E-state index contributed by atoms with van der Waals surface area (Å²) in [6, 6.07) is 13.9. The van der Waals surface area contributed by atoms with Gasteiger partial charge < -0.3 is 9.80 Å². The van der Waals surface area contributed by atoms with Gasteiger partial charge in [-0.1, -0.05) is 24.3 Å². The molecule has 34 heavy (non-hydrogen) atoms. The molecule has 2 saturated heterocycles. The number of halogens is 1. The number of carbonyl (C=O) groups is 2. The van der Waals surface area contributed by atoms with Crippen molar-refractivity contribution in [3.8, 4) is 0 Å². The van der Waals surface area contributed by atoms with Gasteiger partial charge in [-0.25, -0.2) is 4.39 Å². The molecule has 0 N–H and O–H groups in total. The topological polar surface area (TPSA) is 66.4 Å². The number of hydrogen-bond acceptors (Lipinski definition) is 4. The van der Waals surface area contributed by atoms with Gasteiger partial charge in [-0.3, -0.25) is 19.6 Å². The number of rotatable bonds is 6. The molecule has 2 fully saturated rings. The van der Waals surface area contributed by atoms with Gasteiger partial charge in [0.2, 0.25) is 5.91 Å². The van der Waals surface area contributed by atoms with E-state index in [9.17, 15) is 14.0 Å². The molecular weight excluding hydrogens is 431 g/mol. The zero-order valence-corrected chi connectivity index (χ0v) is 19.0. The van der Waals surface area contributed by atoms with Crippen molar-refractivity contribution in [2.24, 2.45) is 0 Å². The molecular formula is C27H27FN4O2. The monoisotopic (exact) mass is 458 g/mol. The van der Waals surface area contributed by atoms with Gasteiger partial charge in [-0.2, -0.15) is 0 Å². The molecule has 0 unspecified atom stereocenters. The number of benzene rings is 2. The molecule has 6 nitrogen and oxygen atoms in total. The zero-order chi connectivity index (χ0) is 23.5. The SMILES string of the molecule is O=C1CCCN1Cc1cccc(C(=O)N2CCC[C@H]2c2cncc(Cc3cccc(F)c3)n2)c1. The third-order valence-corrected chi connectivity index (χ3v) is 6.55. The molecule has 7 heteroatoms. The molecule has 1 atom stereocenters. The number of aromatic nitrogens is 2. The van der Waals surface area contributed by atoms with Crippen molar-refractivity contribution in [3.63, 3.8) is 0 Å².